The minimum atomic E-state index is -1.65. The van der Waals surface area contributed by atoms with Crippen LogP contribution in [-0.2, 0) is 57.5 Å². The number of carbonyl (C=O) groups is 12. The van der Waals surface area contributed by atoms with Gasteiger partial charge in [0.05, 0.1) is 19.5 Å². The van der Waals surface area contributed by atoms with E-state index in [0.717, 1.165) is 89.9 Å². The fraction of sp³-hybridized carbons (Fsp3) is 0.838. The lowest BCUT2D eigenvalue weighted by Gasteiger charge is -2.44. The number of amides is 12. The Morgan fingerprint density at radius 2 is 1.15 bits per heavy atom. The zero-order chi connectivity index (χ0) is 73.3. The Morgan fingerprint density at radius 3 is 1.75 bits per heavy atom. The van der Waals surface area contributed by atoms with Crippen LogP contribution in [0.2, 0.25) is 0 Å². The highest BCUT2D eigenvalue weighted by atomic mass is 127. The molecule has 3 saturated heterocycles. The Labute approximate surface area is 605 Å². The molecule has 0 aromatic heterocycles. The van der Waals surface area contributed by atoms with Gasteiger partial charge in [-0.1, -0.05) is 148 Å². The summed E-state index contributed by atoms with van der Waals surface area (Å²) < 4.78 is 0.353. The van der Waals surface area contributed by atoms with Crippen molar-refractivity contribution in [3.8, 4) is 0 Å². The van der Waals surface area contributed by atoms with Gasteiger partial charge < -0.3 is 60.5 Å². The van der Waals surface area contributed by atoms with Crippen molar-refractivity contribution >= 4 is 93.5 Å². The molecule has 25 heteroatoms. The van der Waals surface area contributed by atoms with Crippen LogP contribution in [-0.4, -0.2) is 243 Å². The van der Waals surface area contributed by atoms with Crippen molar-refractivity contribution in [3.63, 3.8) is 0 Å². The topological polar surface area (TPSA) is 279 Å². The van der Waals surface area contributed by atoms with Gasteiger partial charge in [-0.15, -0.1) is 0 Å². The molecule has 0 radical (unpaired) electrons. The summed E-state index contributed by atoms with van der Waals surface area (Å²) in [7, 11) is 8.93. The molecule has 6 rings (SSSR count). The number of fused-ring (bicyclic) bond motifs is 1. The first kappa shape index (κ1) is 82.3. The fourth-order valence-electron chi connectivity index (χ4n) is 15.6. The van der Waals surface area contributed by atoms with Crippen LogP contribution in [0.3, 0.4) is 0 Å². The third kappa shape index (κ3) is 22.7. The van der Waals surface area contributed by atoms with Gasteiger partial charge in [0.25, 0.3) is 0 Å². The number of carbonyl (C=O) groups excluding carboxylic acids is 12. The molecule has 24 nitrogen and oxygen atoms in total. The molecule has 99 heavy (non-hydrogen) atoms. The summed E-state index contributed by atoms with van der Waals surface area (Å²) in [6, 6.07) is -9.15. The molecule has 3 aliphatic carbocycles. The number of piperidine rings is 1. The van der Waals surface area contributed by atoms with Crippen LogP contribution in [0.1, 0.15) is 223 Å². The van der Waals surface area contributed by atoms with E-state index in [2.05, 4.69) is 50.8 Å². The van der Waals surface area contributed by atoms with Crippen molar-refractivity contribution in [2.24, 2.45) is 41.4 Å². The maximum absolute atomic E-state index is 15.4. The summed E-state index contributed by atoms with van der Waals surface area (Å²) in [6.07, 6.45) is 16.6. The Morgan fingerprint density at radius 1 is 0.535 bits per heavy atom. The molecule has 560 valence electrons. The number of nitrogens with zero attached hydrogens (tertiary/aromatic N) is 8. The van der Waals surface area contributed by atoms with Crippen LogP contribution < -0.4 is 21.3 Å². The predicted molar refractivity (Wildman–Crippen MR) is 389 cm³/mol. The number of hydrogen-bond donors (Lipinski definition) is 4. The maximum atomic E-state index is 15.4. The Balaban J connectivity index is 1.42. The molecule has 3 saturated carbocycles. The van der Waals surface area contributed by atoms with Gasteiger partial charge in [0.15, 0.2) is 0 Å². The molecule has 6 aliphatic rings. The van der Waals surface area contributed by atoms with E-state index in [1.807, 2.05) is 34.6 Å². The molecular formula is C74H125IN12O12. The number of alkyl halides is 1. The fourth-order valence-corrected chi connectivity index (χ4v) is 16.7. The number of likely N-dealkylation sites (tertiary alicyclic amines) is 1. The molecule has 3 aliphatic heterocycles. The van der Waals surface area contributed by atoms with E-state index in [4.69, 9.17) is 0 Å². The summed E-state index contributed by atoms with van der Waals surface area (Å²) in [6.45, 7) is 16.7. The van der Waals surface area contributed by atoms with E-state index < -0.39 is 150 Å². The smallest absolute Gasteiger partial charge is 0.246 e. The average molecular weight is 1500 g/mol. The lowest BCUT2D eigenvalue weighted by Crippen LogP contribution is -2.64. The summed E-state index contributed by atoms with van der Waals surface area (Å²) in [5, 5.41) is 12.0. The molecule has 0 aromatic rings. The second-order valence-corrected chi connectivity index (χ2v) is 33.7. The number of hydrogen-bond acceptors (Lipinski definition) is 12. The van der Waals surface area contributed by atoms with Crippen molar-refractivity contribution in [1.29, 1.82) is 0 Å². The number of likely N-dealkylation sites (N-methyl/N-ethyl adjacent to an activating group) is 6. The summed E-state index contributed by atoms with van der Waals surface area (Å²) in [5.74, 6) is -6.65. The van der Waals surface area contributed by atoms with Crippen LogP contribution >= 0.6 is 22.6 Å². The Kier molecular flexibility index (Phi) is 31.6. The molecule has 0 bridgehead atoms. The molecule has 0 spiro atoms. The standard InChI is InChI=1S/C74H125IN12O12/c1-16-49(7)64-72(98)81(11)45-63(90)87-37-34-57(87)70(96)84(14)59(42-51-30-28-48(6)29-31-51)69(95)80(10)44-61(88)76-55(41-52-26-23-27-53(75)40-52)65(91)77-54(33-32-50-24-19-17-20-25-50)68(94)85(15)74(8,9)73(99)78-56(38-46(2)3)67(93)83(13)60(71(97)86-35-21-18-22-36-86)43-62(89)82(12)58(39-47(4)5)66(92)79-64/h46-60,64H,16-45H2,1-15H3,(H,76,88)(H,77,91)(H,78,99)(H,79,92)/t48?,49-,51?,52?,53?,54-,55-,56-,57-,58-,59-,60-,64-/m0/s1. The number of halogens is 1. The van der Waals surface area contributed by atoms with Gasteiger partial charge in [-0.3, -0.25) is 57.5 Å². The molecule has 11 atom stereocenters. The van der Waals surface area contributed by atoms with Crippen molar-refractivity contribution < 1.29 is 57.5 Å². The zero-order valence-electron chi connectivity index (χ0n) is 62.8. The third-order valence-electron chi connectivity index (χ3n) is 22.9. The van der Waals surface area contributed by atoms with Crippen LogP contribution in [0, 0.1) is 41.4 Å². The Bertz CT molecular complexity index is 2800. The first-order valence-corrected chi connectivity index (χ1v) is 38.9. The molecule has 12 amide bonds. The highest BCUT2D eigenvalue weighted by Gasteiger charge is 2.47. The third-order valence-corrected chi connectivity index (χ3v) is 24.0. The van der Waals surface area contributed by atoms with Gasteiger partial charge in [0.1, 0.15) is 53.9 Å². The monoisotopic (exact) mass is 1500 g/mol. The van der Waals surface area contributed by atoms with E-state index in [0.29, 0.717) is 67.4 Å². The van der Waals surface area contributed by atoms with E-state index in [-0.39, 0.29) is 55.9 Å². The molecule has 3 heterocycles. The van der Waals surface area contributed by atoms with E-state index in [9.17, 15) is 33.6 Å². The van der Waals surface area contributed by atoms with Gasteiger partial charge in [0, 0.05) is 65.8 Å². The van der Waals surface area contributed by atoms with Gasteiger partial charge in [-0.25, -0.2) is 0 Å². The minimum Gasteiger partial charge on any atom is -0.343 e. The SMILES string of the molecule is CC[C@H](C)[C@@H]1NC(=O)[C@H](CC(C)C)N(C)C(=O)C[C@@H](C(=O)N2CCCCC2)N(C)C(=O)[C@H](CC(C)C)NC(=O)C(C)(C)N(C)C(=O)[C@H](CCC2CCCCC2)NC(=O)[C@H](CC2CCCC(I)C2)NC(=O)CN(C)C(=O)[C@H](CC2CCC(C)CC2)N(C)C(=O)[C@@H]2CCN2C(=O)CN(C)C1=O. The highest BCUT2D eigenvalue weighted by molar-refractivity contribution is 14.1. The second-order valence-electron chi connectivity index (χ2n) is 31.9. The first-order valence-electron chi connectivity index (χ1n) is 37.6. The first-order chi connectivity index (χ1) is 46.6. The lowest BCUT2D eigenvalue weighted by molar-refractivity contribution is -0.158. The summed E-state index contributed by atoms with van der Waals surface area (Å²) in [5.41, 5.74) is -1.65. The Hall–Kier alpha value is -5.63. The largest absolute Gasteiger partial charge is 0.343 e. The summed E-state index contributed by atoms with van der Waals surface area (Å²) >= 11 is 2.43. The summed E-state index contributed by atoms with van der Waals surface area (Å²) in [4.78, 5) is 190. The average Bonchev–Trinajstić information content (AvgIpc) is 0.799. The van der Waals surface area contributed by atoms with E-state index >= 15 is 24.0 Å². The lowest BCUT2D eigenvalue weighted by atomic mass is 9.79. The van der Waals surface area contributed by atoms with Crippen molar-refractivity contribution in [1.82, 2.24) is 60.5 Å². The van der Waals surface area contributed by atoms with Gasteiger partial charge in [0.2, 0.25) is 70.9 Å². The normalized spacial score (nSPS) is 30.6. The van der Waals surface area contributed by atoms with Crippen LogP contribution in [0.25, 0.3) is 0 Å². The quantitative estimate of drug-likeness (QED) is 0.105. The number of nitrogens with one attached hydrogen (secondary N) is 4. The molecule has 2 unspecified atom stereocenters. The van der Waals surface area contributed by atoms with Gasteiger partial charge >= 0.3 is 0 Å². The predicted octanol–water partition coefficient (Wildman–Crippen LogP) is 6.68. The van der Waals surface area contributed by atoms with Crippen molar-refractivity contribution in [2.45, 2.75) is 281 Å². The second kappa shape index (κ2) is 38.0. The van der Waals surface area contributed by atoms with Gasteiger partial charge in [-0.2, -0.15) is 0 Å². The van der Waals surface area contributed by atoms with Crippen LogP contribution in [0.4, 0.5) is 0 Å². The molecule has 0 aromatic carbocycles. The molecule has 6 fully saturated rings. The van der Waals surface area contributed by atoms with E-state index in [1.165, 1.54) is 69.5 Å². The zero-order valence-corrected chi connectivity index (χ0v) is 65.0. The van der Waals surface area contributed by atoms with Crippen molar-refractivity contribution in [3.05, 3.63) is 0 Å². The van der Waals surface area contributed by atoms with Crippen LogP contribution in [0.5, 0.6) is 0 Å². The minimum absolute atomic E-state index is 0.0524. The van der Waals surface area contributed by atoms with E-state index in [1.54, 1.807) is 32.7 Å². The molecular weight excluding hydrogens is 1380 g/mol. The number of rotatable bonds is 14. The highest BCUT2D eigenvalue weighted by Crippen LogP contribution is 2.36. The van der Waals surface area contributed by atoms with Crippen LogP contribution in [0.15, 0.2) is 0 Å². The maximum Gasteiger partial charge on any atom is 0.246 e. The van der Waals surface area contributed by atoms with Crippen molar-refractivity contribution in [2.75, 3.05) is 75.0 Å². The molecule has 4 N–H and O–H groups in total. The van der Waals surface area contributed by atoms with Gasteiger partial charge in [-0.05, 0) is 132 Å².